The molecule has 1 fully saturated rings. The molecule has 32 heavy (non-hydrogen) atoms. The lowest BCUT2D eigenvalue weighted by atomic mass is 10.0. The van der Waals surface area contributed by atoms with Gasteiger partial charge in [-0.2, -0.15) is 0 Å². The van der Waals surface area contributed by atoms with Crippen LogP contribution in [0.2, 0.25) is 0 Å². The minimum absolute atomic E-state index is 0.0422. The standard InChI is InChI=1S/C21H19F3N6O2/c22-12-2-1-11-7-14(20(32)28-13-3-5-27-16(9-13)18(26)31)19(29-15(11)8-12)30-6-4-21(23,24)17(25)10-30/h1-3,5,7-9,17H,4,6,10,25H2,(H2,26,31)(H,27,28,32)/t17-/m1/s1. The van der Waals surface area contributed by atoms with Crippen molar-refractivity contribution < 1.29 is 22.8 Å². The Hall–Kier alpha value is -3.73. The maximum atomic E-state index is 13.9. The molecular formula is C21H19F3N6O2. The predicted octanol–water partition coefficient (Wildman–Crippen LogP) is 2.29. The molecule has 0 aliphatic carbocycles. The van der Waals surface area contributed by atoms with Gasteiger partial charge < -0.3 is 21.7 Å². The number of nitrogens with zero attached hydrogens (tertiary/aromatic N) is 3. The lowest BCUT2D eigenvalue weighted by Crippen LogP contribution is -2.55. The first-order valence-electron chi connectivity index (χ1n) is 9.70. The summed E-state index contributed by atoms with van der Waals surface area (Å²) < 4.78 is 41.5. The fourth-order valence-electron chi connectivity index (χ4n) is 3.50. The van der Waals surface area contributed by atoms with Gasteiger partial charge in [-0.15, -0.1) is 0 Å². The van der Waals surface area contributed by atoms with E-state index in [1.807, 2.05) is 0 Å². The monoisotopic (exact) mass is 444 g/mol. The summed E-state index contributed by atoms with van der Waals surface area (Å²) in [5, 5.41) is 3.12. The molecule has 1 atom stereocenters. The third-order valence-corrected chi connectivity index (χ3v) is 5.25. The van der Waals surface area contributed by atoms with Crippen molar-refractivity contribution in [1.82, 2.24) is 9.97 Å². The number of fused-ring (bicyclic) bond motifs is 1. The molecule has 4 rings (SSSR count). The predicted molar refractivity (Wildman–Crippen MR) is 112 cm³/mol. The van der Waals surface area contributed by atoms with Crippen LogP contribution in [0, 0.1) is 5.82 Å². The Bertz CT molecular complexity index is 1220. The average Bonchev–Trinajstić information content (AvgIpc) is 2.75. The summed E-state index contributed by atoms with van der Waals surface area (Å²) in [4.78, 5) is 34.2. The quantitative estimate of drug-likeness (QED) is 0.567. The Morgan fingerprint density at radius 2 is 1.97 bits per heavy atom. The van der Waals surface area contributed by atoms with Crippen LogP contribution in [-0.2, 0) is 0 Å². The van der Waals surface area contributed by atoms with Crippen molar-refractivity contribution in [2.24, 2.45) is 11.5 Å². The summed E-state index contributed by atoms with van der Waals surface area (Å²) >= 11 is 0. The molecule has 1 saturated heterocycles. The Morgan fingerprint density at radius 1 is 1.19 bits per heavy atom. The molecule has 0 spiro atoms. The third kappa shape index (κ3) is 4.19. The van der Waals surface area contributed by atoms with Gasteiger partial charge in [0.2, 0.25) is 0 Å². The number of halogens is 3. The van der Waals surface area contributed by atoms with E-state index in [-0.39, 0.29) is 41.4 Å². The molecule has 0 radical (unpaired) electrons. The zero-order valence-corrected chi connectivity index (χ0v) is 16.7. The smallest absolute Gasteiger partial charge is 0.267 e. The number of hydrogen-bond acceptors (Lipinski definition) is 6. The molecule has 0 unspecified atom stereocenters. The topological polar surface area (TPSA) is 127 Å². The SMILES string of the molecule is NC(=O)c1cc(NC(=O)c2cc3ccc(F)cc3nc2N2CCC(F)(F)[C@H](N)C2)ccn1. The van der Waals surface area contributed by atoms with Gasteiger partial charge in [-0.05, 0) is 30.3 Å². The number of benzene rings is 1. The molecule has 1 aromatic carbocycles. The number of aromatic nitrogens is 2. The van der Waals surface area contributed by atoms with E-state index in [1.54, 1.807) is 0 Å². The highest BCUT2D eigenvalue weighted by Crippen LogP contribution is 2.32. The van der Waals surface area contributed by atoms with Gasteiger partial charge in [0, 0.05) is 42.8 Å². The molecule has 8 nitrogen and oxygen atoms in total. The van der Waals surface area contributed by atoms with Crippen LogP contribution in [0.3, 0.4) is 0 Å². The van der Waals surface area contributed by atoms with Crippen LogP contribution < -0.4 is 21.7 Å². The molecule has 5 N–H and O–H groups in total. The second-order valence-electron chi connectivity index (χ2n) is 7.51. The molecule has 3 aromatic rings. The van der Waals surface area contributed by atoms with Crippen molar-refractivity contribution in [3.8, 4) is 0 Å². The first kappa shape index (κ1) is 21.5. The van der Waals surface area contributed by atoms with Crippen molar-refractivity contribution >= 4 is 34.2 Å². The van der Waals surface area contributed by atoms with Gasteiger partial charge in [0.1, 0.15) is 17.3 Å². The van der Waals surface area contributed by atoms with E-state index in [9.17, 15) is 22.8 Å². The fourth-order valence-corrected chi connectivity index (χ4v) is 3.50. The zero-order chi connectivity index (χ0) is 23.0. The number of piperidine rings is 1. The van der Waals surface area contributed by atoms with Gasteiger partial charge in [-0.1, -0.05) is 0 Å². The van der Waals surface area contributed by atoms with Gasteiger partial charge in [0.25, 0.3) is 17.7 Å². The van der Waals surface area contributed by atoms with E-state index >= 15 is 0 Å². The maximum absolute atomic E-state index is 13.9. The summed E-state index contributed by atoms with van der Waals surface area (Å²) in [6, 6.07) is 6.71. The Labute approximate surface area is 180 Å². The Morgan fingerprint density at radius 3 is 2.69 bits per heavy atom. The lowest BCUT2D eigenvalue weighted by molar-refractivity contribution is -0.0394. The summed E-state index contributed by atoms with van der Waals surface area (Å²) in [7, 11) is 0. The van der Waals surface area contributed by atoms with Crippen molar-refractivity contribution in [2.75, 3.05) is 23.3 Å². The van der Waals surface area contributed by atoms with Crippen LogP contribution in [0.15, 0.2) is 42.6 Å². The minimum Gasteiger partial charge on any atom is -0.364 e. The zero-order valence-electron chi connectivity index (χ0n) is 16.7. The molecular weight excluding hydrogens is 425 g/mol. The number of anilines is 2. The van der Waals surface area contributed by atoms with Crippen LogP contribution in [0.1, 0.15) is 27.3 Å². The third-order valence-electron chi connectivity index (χ3n) is 5.25. The van der Waals surface area contributed by atoms with E-state index in [4.69, 9.17) is 11.5 Å². The van der Waals surface area contributed by atoms with Crippen molar-refractivity contribution in [3.05, 3.63) is 59.7 Å². The van der Waals surface area contributed by atoms with Crippen LogP contribution in [-0.4, -0.2) is 46.8 Å². The molecule has 3 heterocycles. The summed E-state index contributed by atoms with van der Waals surface area (Å²) in [6.07, 6.45) is 0.800. The Balaban J connectivity index is 1.74. The van der Waals surface area contributed by atoms with Gasteiger partial charge in [-0.25, -0.2) is 18.2 Å². The van der Waals surface area contributed by atoms with Gasteiger partial charge in [-0.3, -0.25) is 14.6 Å². The normalized spacial score (nSPS) is 17.9. The number of nitrogens with two attached hydrogens (primary N) is 2. The van der Waals surface area contributed by atoms with Gasteiger partial charge >= 0.3 is 0 Å². The van der Waals surface area contributed by atoms with Crippen LogP contribution in [0.5, 0.6) is 0 Å². The largest absolute Gasteiger partial charge is 0.364 e. The second-order valence-corrected chi connectivity index (χ2v) is 7.51. The first-order chi connectivity index (χ1) is 15.1. The van der Waals surface area contributed by atoms with E-state index < -0.39 is 36.0 Å². The molecule has 2 aromatic heterocycles. The Kier molecular flexibility index (Phi) is 5.43. The summed E-state index contributed by atoms with van der Waals surface area (Å²) in [5.74, 6) is -4.82. The highest BCUT2D eigenvalue weighted by Gasteiger charge is 2.42. The fraction of sp³-hybridized carbons (Fsp3) is 0.238. The number of carbonyl (C=O) groups excluding carboxylic acids is 2. The minimum atomic E-state index is -3.04. The van der Waals surface area contributed by atoms with Gasteiger partial charge in [0.15, 0.2) is 0 Å². The average molecular weight is 444 g/mol. The van der Waals surface area contributed by atoms with Crippen LogP contribution in [0.4, 0.5) is 24.7 Å². The molecule has 1 aliphatic heterocycles. The molecule has 2 amide bonds. The number of rotatable bonds is 4. The van der Waals surface area contributed by atoms with Crippen LogP contribution >= 0.6 is 0 Å². The van der Waals surface area contributed by atoms with Gasteiger partial charge in [0.05, 0.1) is 17.1 Å². The highest BCUT2D eigenvalue weighted by atomic mass is 19.3. The van der Waals surface area contributed by atoms with E-state index in [2.05, 4.69) is 15.3 Å². The molecule has 0 bridgehead atoms. The molecule has 166 valence electrons. The van der Waals surface area contributed by atoms with E-state index in [1.165, 1.54) is 47.5 Å². The number of hydrogen-bond donors (Lipinski definition) is 3. The molecule has 11 heteroatoms. The summed E-state index contributed by atoms with van der Waals surface area (Å²) in [5.41, 5.74) is 11.4. The van der Waals surface area contributed by atoms with Crippen molar-refractivity contribution in [3.63, 3.8) is 0 Å². The van der Waals surface area contributed by atoms with E-state index in [0.29, 0.717) is 5.39 Å². The molecule has 0 saturated carbocycles. The first-order valence-corrected chi connectivity index (χ1v) is 9.70. The molecule has 1 aliphatic rings. The number of pyridine rings is 2. The number of nitrogens with one attached hydrogen (secondary N) is 1. The number of alkyl halides is 2. The highest BCUT2D eigenvalue weighted by molar-refractivity contribution is 6.10. The lowest BCUT2D eigenvalue weighted by Gasteiger charge is -2.37. The van der Waals surface area contributed by atoms with Crippen molar-refractivity contribution in [1.29, 1.82) is 0 Å². The second kappa shape index (κ2) is 8.08. The van der Waals surface area contributed by atoms with Crippen molar-refractivity contribution in [2.45, 2.75) is 18.4 Å². The number of amides is 2. The van der Waals surface area contributed by atoms with Crippen LogP contribution in [0.25, 0.3) is 10.9 Å². The number of carbonyl (C=O) groups is 2. The maximum Gasteiger partial charge on any atom is 0.267 e. The number of primary amides is 1. The van der Waals surface area contributed by atoms with E-state index in [0.717, 1.165) is 0 Å². The summed E-state index contributed by atoms with van der Waals surface area (Å²) in [6.45, 7) is -0.321.